The van der Waals surface area contributed by atoms with E-state index in [1.807, 2.05) is 24.3 Å². The Hall–Kier alpha value is -1.78. The van der Waals surface area contributed by atoms with Gasteiger partial charge in [-0.15, -0.1) is 0 Å². The van der Waals surface area contributed by atoms with Crippen LogP contribution in [0.15, 0.2) is 46.3 Å². The molecule has 0 aliphatic carbocycles. The van der Waals surface area contributed by atoms with E-state index in [0.717, 1.165) is 53.5 Å². The van der Waals surface area contributed by atoms with Gasteiger partial charge in [-0.3, -0.25) is 4.79 Å². The molecule has 0 saturated heterocycles. The molecule has 5 heteroatoms. The molecule has 0 saturated carbocycles. The Morgan fingerprint density at radius 2 is 1.89 bits per heavy atom. The summed E-state index contributed by atoms with van der Waals surface area (Å²) in [6.45, 7) is 9.23. The average molecular weight is 389 g/mol. The van der Waals surface area contributed by atoms with Gasteiger partial charge in [0, 0.05) is 37.1 Å². The SMILES string of the molecule is CC(C)(C)CC(=O)c1ccc(CNC2=C(Cl)COC3=C2CCNCC3)cc1. The number of allylic oxidation sites excluding steroid dienone is 1. The van der Waals surface area contributed by atoms with Crippen LogP contribution >= 0.6 is 11.6 Å². The first-order chi connectivity index (χ1) is 12.8. The van der Waals surface area contributed by atoms with Crippen molar-refractivity contribution in [3.8, 4) is 0 Å². The molecule has 0 radical (unpaired) electrons. The van der Waals surface area contributed by atoms with Crippen LogP contribution in [-0.4, -0.2) is 25.5 Å². The zero-order valence-corrected chi connectivity index (χ0v) is 17.2. The first-order valence-electron chi connectivity index (χ1n) is 9.64. The van der Waals surface area contributed by atoms with Crippen molar-refractivity contribution in [1.29, 1.82) is 0 Å². The van der Waals surface area contributed by atoms with E-state index < -0.39 is 0 Å². The molecular formula is C22H29ClN2O2. The molecular weight excluding hydrogens is 360 g/mol. The number of rotatable bonds is 5. The minimum absolute atomic E-state index is 0.00257. The number of hydrogen-bond acceptors (Lipinski definition) is 4. The number of halogens is 1. The first kappa shape index (κ1) is 20.0. The van der Waals surface area contributed by atoms with Gasteiger partial charge in [-0.25, -0.2) is 0 Å². The minimum Gasteiger partial charge on any atom is -0.492 e. The van der Waals surface area contributed by atoms with E-state index in [0.29, 0.717) is 19.6 Å². The topological polar surface area (TPSA) is 50.4 Å². The number of ether oxygens (including phenoxy) is 1. The molecule has 2 aliphatic heterocycles. The average Bonchev–Trinajstić information content (AvgIpc) is 2.85. The number of carbonyl (C=O) groups is 1. The Bertz CT molecular complexity index is 758. The first-order valence-corrected chi connectivity index (χ1v) is 10.0. The number of benzene rings is 1. The lowest BCUT2D eigenvalue weighted by Crippen LogP contribution is -2.22. The van der Waals surface area contributed by atoms with Crippen molar-refractivity contribution >= 4 is 17.4 Å². The van der Waals surface area contributed by atoms with Crippen LogP contribution in [0, 0.1) is 5.41 Å². The van der Waals surface area contributed by atoms with E-state index in [2.05, 4.69) is 31.4 Å². The predicted molar refractivity (Wildman–Crippen MR) is 110 cm³/mol. The smallest absolute Gasteiger partial charge is 0.163 e. The summed E-state index contributed by atoms with van der Waals surface area (Å²) in [5, 5.41) is 7.63. The summed E-state index contributed by atoms with van der Waals surface area (Å²) in [5.41, 5.74) is 4.10. The molecule has 0 unspecified atom stereocenters. The fourth-order valence-electron chi connectivity index (χ4n) is 3.43. The normalized spacial score (nSPS) is 17.9. The van der Waals surface area contributed by atoms with Crippen LogP contribution in [0.4, 0.5) is 0 Å². The van der Waals surface area contributed by atoms with Gasteiger partial charge < -0.3 is 15.4 Å². The molecule has 27 heavy (non-hydrogen) atoms. The van der Waals surface area contributed by atoms with Crippen LogP contribution in [0.1, 0.15) is 56.0 Å². The lowest BCUT2D eigenvalue weighted by Gasteiger charge is -2.24. The second-order valence-electron chi connectivity index (χ2n) is 8.43. The minimum atomic E-state index is 0.00257. The van der Waals surface area contributed by atoms with Crippen molar-refractivity contribution in [3.05, 3.63) is 57.5 Å². The third-order valence-electron chi connectivity index (χ3n) is 4.80. The summed E-state index contributed by atoms with van der Waals surface area (Å²) in [6.07, 6.45) is 2.36. The quantitative estimate of drug-likeness (QED) is 0.728. The van der Waals surface area contributed by atoms with Crippen LogP contribution in [0.2, 0.25) is 0 Å². The fraction of sp³-hybridized carbons (Fsp3) is 0.500. The second kappa shape index (κ2) is 8.49. The van der Waals surface area contributed by atoms with Crippen LogP contribution in [0.3, 0.4) is 0 Å². The van der Waals surface area contributed by atoms with E-state index in [-0.39, 0.29) is 11.2 Å². The Labute approximate surface area is 167 Å². The van der Waals surface area contributed by atoms with E-state index in [4.69, 9.17) is 16.3 Å². The summed E-state index contributed by atoms with van der Waals surface area (Å²) >= 11 is 6.44. The number of Topliss-reactive ketones (excluding diaryl/α,β-unsaturated/α-hetero) is 1. The molecule has 2 aliphatic rings. The monoisotopic (exact) mass is 388 g/mol. The van der Waals surface area contributed by atoms with Crippen LogP contribution in [-0.2, 0) is 11.3 Å². The molecule has 0 bridgehead atoms. The molecule has 0 spiro atoms. The molecule has 0 atom stereocenters. The van der Waals surface area contributed by atoms with E-state index >= 15 is 0 Å². The molecule has 2 N–H and O–H groups in total. The van der Waals surface area contributed by atoms with Crippen molar-refractivity contribution in [2.24, 2.45) is 5.41 Å². The highest BCUT2D eigenvalue weighted by atomic mass is 35.5. The van der Waals surface area contributed by atoms with Crippen molar-refractivity contribution in [2.75, 3.05) is 19.7 Å². The molecule has 3 rings (SSSR count). The molecule has 1 aromatic carbocycles. The summed E-state index contributed by atoms with van der Waals surface area (Å²) in [4.78, 5) is 12.3. The predicted octanol–water partition coefficient (Wildman–Crippen LogP) is 4.51. The summed E-state index contributed by atoms with van der Waals surface area (Å²) in [6, 6.07) is 7.87. The van der Waals surface area contributed by atoms with Crippen molar-refractivity contribution in [1.82, 2.24) is 10.6 Å². The molecule has 0 fully saturated rings. The van der Waals surface area contributed by atoms with Crippen molar-refractivity contribution < 1.29 is 9.53 Å². The lowest BCUT2D eigenvalue weighted by atomic mass is 9.88. The molecule has 4 nitrogen and oxygen atoms in total. The van der Waals surface area contributed by atoms with Gasteiger partial charge in [0.15, 0.2) is 5.78 Å². The molecule has 2 heterocycles. The second-order valence-corrected chi connectivity index (χ2v) is 8.89. The maximum Gasteiger partial charge on any atom is 0.163 e. The highest BCUT2D eigenvalue weighted by Gasteiger charge is 2.23. The van der Waals surface area contributed by atoms with Crippen LogP contribution in [0.5, 0.6) is 0 Å². The van der Waals surface area contributed by atoms with Crippen LogP contribution < -0.4 is 10.6 Å². The number of ketones is 1. The Balaban J connectivity index is 1.66. The molecule has 146 valence electrons. The summed E-state index contributed by atoms with van der Waals surface area (Å²) in [7, 11) is 0. The van der Waals surface area contributed by atoms with Gasteiger partial charge in [-0.1, -0.05) is 56.6 Å². The van der Waals surface area contributed by atoms with Gasteiger partial charge in [0.25, 0.3) is 0 Å². The highest BCUT2D eigenvalue weighted by Crippen LogP contribution is 2.31. The van der Waals surface area contributed by atoms with Gasteiger partial charge >= 0.3 is 0 Å². The largest absolute Gasteiger partial charge is 0.492 e. The number of hydrogen-bond donors (Lipinski definition) is 2. The molecule has 0 aromatic heterocycles. The van der Waals surface area contributed by atoms with E-state index in [9.17, 15) is 4.79 Å². The van der Waals surface area contributed by atoms with Crippen molar-refractivity contribution in [2.45, 2.75) is 46.6 Å². The molecule has 1 aromatic rings. The van der Waals surface area contributed by atoms with Gasteiger partial charge in [0.2, 0.25) is 0 Å². The van der Waals surface area contributed by atoms with Crippen molar-refractivity contribution in [3.63, 3.8) is 0 Å². The zero-order chi connectivity index (χ0) is 19.4. The zero-order valence-electron chi connectivity index (χ0n) is 16.5. The number of carbonyl (C=O) groups excluding carboxylic acids is 1. The van der Waals surface area contributed by atoms with E-state index in [1.165, 1.54) is 5.57 Å². The third-order valence-corrected chi connectivity index (χ3v) is 5.10. The Morgan fingerprint density at radius 3 is 2.59 bits per heavy atom. The molecule has 0 amide bonds. The van der Waals surface area contributed by atoms with Gasteiger partial charge in [-0.05, 0) is 23.9 Å². The number of nitrogens with one attached hydrogen (secondary N) is 2. The summed E-state index contributed by atoms with van der Waals surface area (Å²) < 4.78 is 5.81. The van der Waals surface area contributed by atoms with Crippen LogP contribution in [0.25, 0.3) is 0 Å². The fourth-order valence-corrected chi connectivity index (χ4v) is 3.66. The van der Waals surface area contributed by atoms with Gasteiger partial charge in [-0.2, -0.15) is 0 Å². The Kier molecular flexibility index (Phi) is 6.28. The highest BCUT2D eigenvalue weighted by molar-refractivity contribution is 6.30. The maximum atomic E-state index is 12.3. The van der Waals surface area contributed by atoms with E-state index in [1.54, 1.807) is 0 Å². The Morgan fingerprint density at radius 1 is 1.19 bits per heavy atom. The standard InChI is InChI=1S/C22H29ClN2O2/c1-22(2,3)12-19(26)16-6-4-15(5-7-16)13-25-21-17-8-10-24-11-9-20(17)27-14-18(21)23/h4-7,24-25H,8-14H2,1-3H3. The maximum absolute atomic E-state index is 12.3. The van der Waals surface area contributed by atoms with Gasteiger partial charge in [0.05, 0.1) is 10.7 Å². The lowest BCUT2D eigenvalue weighted by molar-refractivity contribution is 0.0940. The van der Waals surface area contributed by atoms with Gasteiger partial charge in [0.1, 0.15) is 12.4 Å². The summed E-state index contributed by atoms with van der Waals surface area (Å²) in [5.74, 6) is 1.24. The third kappa shape index (κ3) is 5.36.